The molecular weight excluding hydrogens is 240 g/mol. The molecular formula is C11H22N2O5. The zero-order valence-electron chi connectivity index (χ0n) is 10.8. The summed E-state index contributed by atoms with van der Waals surface area (Å²) in [7, 11) is 0. The summed E-state index contributed by atoms with van der Waals surface area (Å²) < 4.78 is 5.27. The van der Waals surface area contributed by atoms with Crippen molar-refractivity contribution in [2.45, 2.75) is 26.3 Å². The topological polar surface area (TPSA) is 108 Å². The molecule has 1 atom stereocenters. The quantitative estimate of drug-likeness (QED) is 0.430. The minimum Gasteiger partial charge on any atom is -0.480 e. The van der Waals surface area contributed by atoms with Gasteiger partial charge < -0.3 is 25.6 Å². The second-order valence-corrected chi connectivity index (χ2v) is 4.27. The molecule has 0 spiro atoms. The molecule has 0 aromatic carbocycles. The molecule has 0 heterocycles. The van der Waals surface area contributed by atoms with Crippen LogP contribution in [-0.2, 0) is 9.53 Å². The van der Waals surface area contributed by atoms with Crippen LogP contribution in [0.15, 0.2) is 0 Å². The Bertz CT molecular complexity index is 258. The molecule has 18 heavy (non-hydrogen) atoms. The van der Waals surface area contributed by atoms with E-state index in [1.165, 1.54) is 0 Å². The lowest BCUT2D eigenvalue weighted by Gasteiger charge is -2.12. The van der Waals surface area contributed by atoms with Crippen molar-refractivity contribution < 1.29 is 24.5 Å². The maximum Gasteiger partial charge on any atom is 0.328 e. The number of hydrogen-bond acceptors (Lipinski definition) is 4. The standard InChI is InChI=1S/C11H22N2O5/c1-8(2)3-5-18-6-4-12-11(17)13-9(7-14)10(15)16/h8-9,14H,3-7H2,1-2H3,(H,15,16)(H2,12,13,17). The van der Waals surface area contributed by atoms with Gasteiger partial charge in [0.15, 0.2) is 6.04 Å². The van der Waals surface area contributed by atoms with Gasteiger partial charge >= 0.3 is 12.0 Å². The predicted molar refractivity (Wildman–Crippen MR) is 65.3 cm³/mol. The molecule has 0 aliphatic heterocycles. The molecule has 0 fully saturated rings. The summed E-state index contributed by atoms with van der Waals surface area (Å²) in [6, 6.07) is -1.92. The van der Waals surface area contributed by atoms with Crippen molar-refractivity contribution in [1.82, 2.24) is 10.6 Å². The van der Waals surface area contributed by atoms with Crippen LogP contribution >= 0.6 is 0 Å². The molecule has 7 nitrogen and oxygen atoms in total. The smallest absolute Gasteiger partial charge is 0.328 e. The fraction of sp³-hybridized carbons (Fsp3) is 0.818. The van der Waals surface area contributed by atoms with E-state index in [0.717, 1.165) is 6.42 Å². The molecule has 4 N–H and O–H groups in total. The lowest BCUT2D eigenvalue weighted by atomic mass is 10.1. The Labute approximate surface area is 107 Å². The number of rotatable bonds is 9. The van der Waals surface area contributed by atoms with Gasteiger partial charge in [-0.15, -0.1) is 0 Å². The number of aliphatic hydroxyl groups is 1. The lowest BCUT2D eigenvalue weighted by molar-refractivity contribution is -0.140. The van der Waals surface area contributed by atoms with Crippen molar-refractivity contribution in [1.29, 1.82) is 0 Å². The average Bonchev–Trinajstić information content (AvgIpc) is 2.29. The Morgan fingerprint density at radius 3 is 2.44 bits per heavy atom. The molecule has 0 saturated heterocycles. The second-order valence-electron chi connectivity index (χ2n) is 4.27. The van der Waals surface area contributed by atoms with Crippen molar-refractivity contribution in [3.63, 3.8) is 0 Å². The maximum atomic E-state index is 11.2. The van der Waals surface area contributed by atoms with Gasteiger partial charge in [-0.1, -0.05) is 13.8 Å². The number of ether oxygens (including phenoxy) is 1. The Hall–Kier alpha value is -1.34. The molecule has 0 aromatic rings. The van der Waals surface area contributed by atoms with Crippen LogP contribution in [0.25, 0.3) is 0 Å². The number of aliphatic hydroxyl groups excluding tert-OH is 1. The van der Waals surface area contributed by atoms with Crippen molar-refractivity contribution in [3.8, 4) is 0 Å². The largest absolute Gasteiger partial charge is 0.480 e. The number of carboxylic acids is 1. The Morgan fingerprint density at radius 2 is 1.94 bits per heavy atom. The zero-order chi connectivity index (χ0) is 14.0. The summed E-state index contributed by atoms with van der Waals surface area (Å²) in [6.45, 7) is 4.84. The number of nitrogens with one attached hydrogen (secondary N) is 2. The van der Waals surface area contributed by atoms with E-state index in [2.05, 4.69) is 24.5 Å². The van der Waals surface area contributed by atoms with Gasteiger partial charge in [-0.2, -0.15) is 0 Å². The van der Waals surface area contributed by atoms with Gasteiger partial charge in [-0.25, -0.2) is 9.59 Å². The van der Waals surface area contributed by atoms with E-state index < -0.39 is 24.6 Å². The highest BCUT2D eigenvalue weighted by molar-refractivity contribution is 5.82. The maximum absolute atomic E-state index is 11.2. The monoisotopic (exact) mass is 262 g/mol. The molecule has 0 aromatic heterocycles. The Balaban J connectivity index is 3.56. The summed E-state index contributed by atoms with van der Waals surface area (Å²) in [5.41, 5.74) is 0. The van der Waals surface area contributed by atoms with Crippen LogP contribution in [0.5, 0.6) is 0 Å². The average molecular weight is 262 g/mol. The minimum atomic E-state index is -1.29. The number of carbonyl (C=O) groups is 2. The van der Waals surface area contributed by atoms with Gasteiger partial charge in [-0.05, 0) is 12.3 Å². The first-order valence-electron chi connectivity index (χ1n) is 5.93. The molecule has 0 bridgehead atoms. The van der Waals surface area contributed by atoms with Crippen molar-refractivity contribution in [2.75, 3.05) is 26.4 Å². The molecule has 2 amide bonds. The van der Waals surface area contributed by atoms with Gasteiger partial charge in [-0.3, -0.25) is 0 Å². The SMILES string of the molecule is CC(C)CCOCCNC(=O)NC(CO)C(=O)O. The van der Waals surface area contributed by atoms with E-state index in [1.54, 1.807) is 0 Å². The van der Waals surface area contributed by atoms with Crippen molar-refractivity contribution in [3.05, 3.63) is 0 Å². The summed E-state index contributed by atoms with van der Waals surface area (Å²) in [4.78, 5) is 21.7. The molecule has 0 rings (SSSR count). The fourth-order valence-corrected chi connectivity index (χ4v) is 1.05. The first-order valence-corrected chi connectivity index (χ1v) is 5.93. The third-order valence-electron chi connectivity index (χ3n) is 2.16. The first kappa shape index (κ1) is 16.7. The van der Waals surface area contributed by atoms with Crippen LogP contribution in [0.2, 0.25) is 0 Å². The van der Waals surface area contributed by atoms with Crippen LogP contribution in [0.1, 0.15) is 20.3 Å². The molecule has 0 saturated carbocycles. The van der Waals surface area contributed by atoms with E-state index in [1.807, 2.05) is 0 Å². The summed E-state index contributed by atoms with van der Waals surface area (Å²) in [5.74, 6) is -0.706. The summed E-state index contributed by atoms with van der Waals surface area (Å²) in [6.07, 6.45) is 0.956. The first-order chi connectivity index (χ1) is 8.47. The third kappa shape index (κ3) is 8.77. The van der Waals surface area contributed by atoms with Crippen LogP contribution in [0.4, 0.5) is 4.79 Å². The van der Waals surface area contributed by atoms with Gasteiger partial charge in [0.05, 0.1) is 13.2 Å². The molecule has 7 heteroatoms. The molecule has 0 radical (unpaired) electrons. The summed E-state index contributed by atoms with van der Waals surface area (Å²) >= 11 is 0. The minimum absolute atomic E-state index is 0.293. The van der Waals surface area contributed by atoms with Gasteiger partial charge in [0, 0.05) is 13.2 Å². The van der Waals surface area contributed by atoms with E-state index in [0.29, 0.717) is 25.7 Å². The van der Waals surface area contributed by atoms with Crippen LogP contribution in [0, 0.1) is 5.92 Å². The van der Waals surface area contributed by atoms with Crippen molar-refractivity contribution >= 4 is 12.0 Å². The highest BCUT2D eigenvalue weighted by Crippen LogP contribution is 1.98. The van der Waals surface area contributed by atoms with E-state index in [9.17, 15) is 9.59 Å². The highest BCUT2D eigenvalue weighted by Gasteiger charge is 2.17. The Kier molecular flexibility index (Phi) is 8.95. The van der Waals surface area contributed by atoms with Gasteiger partial charge in [0.2, 0.25) is 0 Å². The Morgan fingerprint density at radius 1 is 1.28 bits per heavy atom. The number of carbonyl (C=O) groups excluding carboxylic acids is 1. The molecule has 0 aliphatic rings. The summed E-state index contributed by atoms with van der Waals surface area (Å²) in [5, 5.41) is 21.8. The number of aliphatic carboxylic acids is 1. The third-order valence-corrected chi connectivity index (χ3v) is 2.16. The number of urea groups is 1. The molecule has 1 unspecified atom stereocenters. The van der Waals surface area contributed by atoms with E-state index >= 15 is 0 Å². The van der Waals surface area contributed by atoms with E-state index in [4.69, 9.17) is 14.9 Å². The highest BCUT2D eigenvalue weighted by atomic mass is 16.5. The lowest BCUT2D eigenvalue weighted by Crippen LogP contribution is -2.48. The predicted octanol–water partition coefficient (Wildman–Crippen LogP) is -0.206. The molecule has 0 aliphatic carbocycles. The fourth-order valence-electron chi connectivity index (χ4n) is 1.05. The molecule has 106 valence electrons. The zero-order valence-corrected chi connectivity index (χ0v) is 10.8. The number of carboxylic acid groups (broad SMARTS) is 1. The van der Waals surface area contributed by atoms with Crippen molar-refractivity contribution in [2.24, 2.45) is 5.92 Å². The van der Waals surface area contributed by atoms with Gasteiger partial charge in [0.25, 0.3) is 0 Å². The van der Waals surface area contributed by atoms with Crippen LogP contribution in [0.3, 0.4) is 0 Å². The number of amides is 2. The number of hydrogen-bond donors (Lipinski definition) is 4. The van der Waals surface area contributed by atoms with Gasteiger partial charge in [0.1, 0.15) is 0 Å². The normalized spacial score (nSPS) is 12.2. The second kappa shape index (κ2) is 9.67. The van der Waals surface area contributed by atoms with Crippen LogP contribution < -0.4 is 10.6 Å². The van der Waals surface area contributed by atoms with E-state index in [-0.39, 0.29) is 0 Å². The van der Waals surface area contributed by atoms with Crippen LogP contribution in [-0.4, -0.2) is 54.6 Å².